The Kier molecular flexibility index (Phi) is 1.80. The standard InChI is InChI=1S/C14H8N4/c1-2-6-10-9(5-1)13-14(18-17-10)16-12-8-4-3-7-11(12)15-13/h1-8H. The molecule has 0 aliphatic carbocycles. The molecule has 0 unspecified atom stereocenters. The van der Waals surface area contributed by atoms with Crippen LogP contribution >= 0.6 is 0 Å². The molecule has 2 heterocycles. The van der Waals surface area contributed by atoms with E-state index in [-0.39, 0.29) is 0 Å². The molecule has 4 nitrogen and oxygen atoms in total. The van der Waals surface area contributed by atoms with Gasteiger partial charge in [-0.1, -0.05) is 30.3 Å². The van der Waals surface area contributed by atoms with Crippen molar-refractivity contribution in [1.29, 1.82) is 0 Å². The molecule has 0 N–H and O–H groups in total. The van der Waals surface area contributed by atoms with Crippen LogP contribution in [0.15, 0.2) is 48.5 Å². The number of hydrogen-bond acceptors (Lipinski definition) is 4. The van der Waals surface area contributed by atoms with Crippen LogP contribution in [0.1, 0.15) is 0 Å². The molecule has 0 bridgehead atoms. The zero-order valence-electron chi connectivity index (χ0n) is 9.41. The lowest BCUT2D eigenvalue weighted by molar-refractivity contribution is 1.09. The lowest BCUT2D eigenvalue weighted by Crippen LogP contribution is -1.93. The summed E-state index contributed by atoms with van der Waals surface area (Å²) in [6.45, 7) is 0. The molecule has 2 aromatic carbocycles. The second kappa shape index (κ2) is 3.43. The van der Waals surface area contributed by atoms with Crippen molar-refractivity contribution in [2.24, 2.45) is 0 Å². The molecule has 0 spiro atoms. The number of hydrogen-bond donors (Lipinski definition) is 0. The van der Waals surface area contributed by atoms with Gasteiger partial charge in [-0.2, -0.15) is 0 Å². The van der Waals surface area contributed by atoms with E-state index in [0.717, 1.165) is 27.5 Å². The van der Waals surface area contributed by atoms with Gasteiger partial charge in [0.2, 0.25) is 5.65 Å². The Hall–Kier alpha value is -2.62. The summed E-state index contributed by atoms with van der Waals surface area (Å²) < 4.78 is 0. The Morgan fingerprint density at radius 2 is 1.28 bits per heavy atom. The second-order valence-corrected chi connectivity index (χ2v) is 4.10. The molecule has 0 amide bonds. The third-order valence-electron chi connectivity index (χ3n) is 2.96. The van der Waals surface area contributed by atoms with Crippen LogP contribution in [0, 0.1) is 0 Å². The number of fused-ring (bicyclic) bond motifs is 4. The normalized spacial score (nSPS) is 11.3. The molecule has 4 heteroatoms. The average Bonchev–Trinajstić information content (AvgIpc) is 2.45. The van der Waals surface area contributed by atoms with Gasteiger partial charge in [0.1, 0.15) is 5.52 Å². The van der Waals surface area contributed by atoms with Crippen LogP contribution in [-0.2, 0) is 0 Å². The molecule has 0 radical (unpaired) electrons. The first-order valence-corrected chi connectivity index (χ1v) is 5.70. The SMILES string of the molecule is c1ccc2nc3c(nnc4ccccc43)nc2c1. The highest BCUT2D eigenvalue weighted by Crippen LogP contribution is 2.20. The predicted molar refractivity (Wildman–Crippen MR) is 70.1 cm³/mol. The second-order valence-electron chi connectivity index (χ2n) is 4.10. The topological polar surface area (TPSA) is 51.6 Å². The molecule has 2 aromatic heterocycles. The summed E-state index contributed by atoms with van der Waals surface area (Å²) in [5.74, 6) is 0. The summed E-state index contributed by atoms with van der Waals surface area (Å²) in [5, 5.41) is 9.29. The predicted octanol–water partition coefficient (Wildman–Crippen LogP) is 2.73. The first-order chi connectivity index (χ1) is 8.92. The molecule has 0 saturated heterocycles. The maximum absolute atomic E-state index is 4.64. The average molecular weight is 232 g/mol. The van der Waals surface area contributed by atoms with E-state index in [1.165, 1.54) is 0 Å². The monoisotopic (exact) mass is 232 g/mol. The van der Waals surface area contributed by atoms with Gasteiger partial charge in [0.15, 0.2) is 0 Å². The van der Waals surface area contributed by atoms with E-state index in [2.05, 4.69) is 20.2 Å². The van der Waals surface area contributed by atoms with Crippen molar-refractivity contribution < 1.29 is 0 Å². The van der Waals surface area contributed by atoms with Crippen molar-refractivity contribution in [3.8, 4) is 0 Å². The van der Waals surface area contributed by atoms with Gasteiger partial charge < -0.3 is 0 Å². The van der Waals surface area contributed by atoms with Gasteiger partial charge >= 0.3 is 0 Å². The molecule has 4 aromatic rings. The number of aromatic nitrogens is 4. The first-order valence-electron chi connectivity index (χ1n) is 5.70. The lowest BCUT2D eigenvalue weighted by Gasteiger charge is -2.02. The van der Waals surface area contributed by atoms with E-state index >= 15 is 0 Å². The number of nitrogens with zero attached hydrogens (tertiary/aromatic N) is 4. The molecule has 4 rings (SSSR count). The minimum absolute atomic E-state index is 0.590. The van der Waals surface area contributed by atoms with Crippen molar-refractivity contribution >= 4 is 33.1 Å². The molecule has 0 saturated carbocycles. The summed E-state index contributed by atoms with van der Waals surface area (Å²) >= 11 is 0. The van der Waals surface area contributed by atoms with Crippen LogP contribution in [-0.4, -0.2) is 20.2 Å². The Morgan fingerprint density at radius 1 is 0.611 bits per heavy atom. The van der Waals surface area contributed by atoms with Gasteiger partial charge in [-0.15, -0.1) is 10.2 Å². The zero-order chi connectivity index (χ0) is 11.9. The van der Waals surface area contributed by atoms with Crippen LogP contribution < -0.4 is 0 Å². The Morgan fingerprint density at radius 3 is 2.11 bits per heavy atom. The van der Waals surface area contributed by atoms with Crippen LogP contribution in [0.4, 0.5) is 0 Å². The molecule has 84 valence electrons. The molecule has 0 aliphatic heterocycles. The largest absolute Gasteiger partial charge is 0.242 e. The van der Waals surface area contributed by atoms with Gasteiger partial charge in [0.05, 0.1) is 16.6 Å². The van der Waals surface area contributed by atoms with Crippen molar-refractivity contribution in [2.45, 2.75) is 0 Å². The number of rotatable bonds is 0. The summed E-state index contributed by atoms with van der Waals surface area (Å²) in [4.78, 5) is 9.13. The Balaban J connectivity index is 2.27. The van der Waals surface area contributed by atoms with Crippen LogP contribution in [0.25, 0.3) is 33.1 Å². The fourth-order valence-corrected chi connectivity index (χ4v) is 2.10. The van der Waals surface area contributed by atoms with Gasteiger partial charge in [-0.25, -0.2) is 9.97 Å². The Bertz CT molecular complexity index is 880. The maximum Gasteiger partial charge on any atom is 0.201 e. The molecular weight excluding hydrogens is 224 g/mol. The van der Waals surface area contributed by atoms with Gasteiger partial charge in [-0.05, 0) is 18.2 Å². The lowest BCUT2D eigenvalue weighted by atomic mass is 10.2. The smallest absolute Gasteiger partial charge is 0.201 e. The molecule has 18 heavy (non-hydrogen) atoms. The summed E-state index contributed by atoms with van der Waals surface area (Å²) in [6, 6.07) is 15.6. The van der Waals surface area contributed by atoms with Gasteiger partial charge in [0.25, 0.3) is 0 Å². The van der Waals surface area contributed by atoms with E-state index in [1.807, 2.05) is 48.5 Å². The summed E-state index contributed by atoms with van der Waals surface area (Å²) in [6.07, 6.45) is 0. The molecule has 0 atom stereocenters. The van der Waals surface area contributed by atoms with Crippen molar-refractivity contribution in [2.75, 3.05) is 0 Å². The van der Waals surface area contributed by atoms with E-state index < -0.39 is 0 Å². The fourth-order valence-electron chi connectivity index (χ4n) is 2.10. The zero-order valence-corrected chi connectivity index (χ0v) is 9.41. The van der Waals surface area contributed by atoms with E-state index in [9.17, 15) is 0 Å². The number of para-hydroxylation sites is 2. The highest BCUT2D eigenvalue weighted by molar-refractivity contribution is 6.01. The van der Waals surface area contributed by atoms with E-state index in [1.54, 1.807) is 0 Å². The van der Waals surface area contributed by atoms with Crippen LogP contribution in [0.3, 0.4) is 0 Å². The van der Waals surface area contributed by atoms with Gasteiger partial charge in [-0.3, -0.25) is 0 Å². The third-order valence-corrected chi connectivity index (χ3v) is 2.96. The third kappa shape index (κ3) is 1.26. The minimum Gasteiger partial charge on any atom is -0.242 e. The summed E-state index contributed by atoms with van der Waals surface area (Å²) in [7, 11) is 0. The Labute approximate surface area is 102 Å². The molecule has 0 fully saturated rings. The maximum atomic E-state index is 4.64. The van der Waals surface area contributed by atoms with Crippen LogP contribution in [0.2, 0.25) is 0 Å². The van der Waals surface area contributed by atoms with Crippen molar-refractivity contribution in [3.63, 3.8) is 0 Å². The van der Waals surface area contributed by atoms with Crippen LogP contribution in [0.5, 0.6) is 0 Å². The quantitative estimate of drug-likeness (QED) is 0.345. The highest BCUT2D eigenvalue weighted by Gasteiger charge is 2.06. The molecule has 0 aliphatic rings. The van der Waals surface area contributed by atoms with Crippen molar-refractivity contribution in [1.82, 2.24) is 20.2 Å². The summed E-state index contributed by atoms with van der Waals surface area (Å²) in [5.41, 5.74) is 3.96. The van der Waals surface area contributed by atoms with E-state index in [4.69, 9.17) is 0 Å². The highest BCUT2D eigenvalue weighted by atomic mass is 15.1. The van der Waals surface area contributed by atoms with E-state index in [0.29, 0.717) is 5.65 Å². The van der Waals surface area contributed by atoms with Gasteiger partial charge in [0, 0.05) is 5.39 Å². The first kappa shape index (κ1) is 9.41. The minimum atomic E-state index is 0.590. The number of benzene rings is 2. The fraction of sp³-hybridized carbons (Fsp3) is 0. The van der Waals surface area contributed by atoms with Crippen molar-refractivity contribution in [3.05, 3.63) is 48.5 Å². The molecular formula is C14H8N4.